The first-order chi connectivity index (χ1) is 11.5. The van der Waals surface area contributed by atoms with Crippen LogP contribution in [-0.4, -0.2) is 28.8 Å². The third-order valence-corrected chi connectivity index (χ3v) is 6.79. The summed E-state index contributed by atoms with van der Waals surface area (Å²) in [6, 6.07) is 8.54. The van der Waals surface area contributed by atoms with E-state index in [1.54, 1.807) is 0 Å². The number of benzene rings is 2. The van der Waals surface area contributed by atoms with Crippen molar-refractivity contribution in [2.45, 2.75) is 27.7 Å². The van der Waals surface area contributed by atoms with E-state index >= 15 is 0 Å². The molecule has 0 unspecified atom stereocenters. The molecule has 134 valence electrons. The Balaban J connectivity index is 2.45. The number of carboxylic acids is 1. The number of carbonyl (C=O) groups excluding carboxylic acids is 1. The number of hydrogen-bond donors (Lipinski definition) is 1. The van der Waals surface area contributed by atoms with E-state index in [1.807, 2.05) is 4.72 Å². The highest BCUT2D eigenvalue weighted by molar-refractivity contribution is 7.91. The molecule has 0 radical (unpaired) electrons. The lowest BCUT2D eigenvalue weighted by atomic mass is 10.4. The molecule has 2 rings (SSSR count). The predicted molar refractivity (Wildman–Crippen MR) is 88.1 cm³/mol. The fourth-order valence-corrected chi connectivity index (χ4v) is 4.65. The van der Waals surface area contributed by atoms with Crippen molar-refractivity contribution in [2.75, 3.05) is 0 Å². The minimum absolute atomic E-state index is 0.0532. The van der Waals surface area contributed by atoms with Gasteiger partial charge in [-0.15, -0.1) is 0 Å². The summed E-state index contributed by atoms with van der Waals surface area (Å²) >= 11 is 5.73. The van der Waals surface area contributed by atoms with Crippen LogP contribution in [0.25, 0.3) is 0 Å². The molecule has 10 heteroatoms. The Morgan fingerprint density at radius 1 is 1.00 bits per heavy atom. The zero-order valence-corrected chi connectivity index (χ0v) is 15.2. The molecule has 25 heavy (non-hydrogen) atoms. The van der Waals surface area contributed by atoms with Crippen molar-refractivity contribution in [1.82, 2.24) is 4.72 Å². The SMILES string of the molecule is C[C@H](NS(=O)(=O)c1cccc(S(=O)(=O)c2ccc(Cl)cc2)c1)C(=O)[O-]. The van der Waals surface area contributed by atoms with Crippen molar-refractivity contribution in [3.8, 4) is 0 Å². The van der Waals surface area contributed by atoms with E-state index in [2.05, 4.69) is 0 Å². The lowest BCUT2D eigenvalue weighted by molar-refractivity contribution is -0.307. The van der Waals surface area contributed by atoms with Crippen molar-refractivity contribution in [3.05, 3.63) is 53.6 Å². The highest BCUT2D eigenvalue weighted by Gasteiger charge is 2.22. The average molecular weight is 403 g/mol. The second kappa shape index (κ2) is 7.12. The van der Waals surface area contributed by atoms with Gasteiger partial charge < -0.3 is 9.90 Å². The highest BCUT2D eigenvalue weighted by atomic mass is 35.5. The van der Waals surface area contributed by atoms with Gasteiger partial charge in [0.25, 0.3) is 0 Å². The highest BCUT2D eigenvalue weighted by Crippen LogP contribution is 2.24. The monoisotopic (exact) mass is 402 g/mol. The first-order valence-corrected chi connectivity index (χ1v) is 10.2. The van der Waals surface area contributed by atoms with Crippen LogP contribution in [0.3, 0.4) is 0 Å². The van der Waals surface area contributed by atoms with E-state index < -0.39 is 31.9 Å². The maximum absolute atomic E-state index is 12.6. The van der Waals surface area contributed by atoms with Gasteiger partial charge in [0.15, 0.2) is 0 Å². The molecule has 0 amide bonds. The normalized spacial score (nSPS) is 13.4. The molecule has 1 atom stereocenters. The maximum atomic E-state index is 12.6. The Kier molecular flexibility index (Phi) is 5.52. The summed E-state index contributed by atoms with van der Waals surface area (Å²) in [5.41, 5.74) is 0. The zero-order chi connectivity index (χ0) is 18.8. The van der Waals surface area contributed by atoms with Crippen molar-refractivity contribution < 1.29 is 26.7 Å². The number of carbonyl (C=O) groups is 1. The first kappa shape index (κ1) is 19.4. The summed E-state index contributed by atoms with van der Waals surface area (Å²) in [5, 5.41) is 11.1. The lowest BCUT2D eigenvalue weighted by Crippen LogP contribution is -2.45. The van der Waals surface area contributed by atoms with E-state index in [0.29, 0.717) is 5.02 Å². The molecule has 0 aromatic heterocycles. The minimum Gasteiger partial charge on any atom is -0.548 e. The third-order valence-electron chi connectivity index (χ3n) is 3.24. The second-order valence-corrected chi connectivity index (χ2v) is 9.19. The van der Waals surface area contributed by atoms with Crippen LogP contribution in [0.5, 0.6) is 0 Å². The van der Waals surface area contributed by atoms with Gasteiger partial charge in [0.2, 0.25) is 19.9 Å². The molecule has 0 aliphatic carbocycles. The third kappa shape index (κ3) is 4.37. The van der Waals surface area contributed by atoms with Crippen molar-refractivity contribution >= 4 is 37.4 Å². The molecule has 7 nitrogen and oxygen atoms in total. The van der Waals surface area contributed by atoms with E-state index in [-0.39, 0.29) is 14.7 Å². The molecule has 0 fully saturated rings. The van der Waals surface area contributed by atoms with E-state index in [1.165, 1.54) is 36.4 Å². The van der Waals surface area contributed by atoms with Crippen LogP contribution < -0.4 is 9.83 Å². The molecule has 0 saturated carbocycles. The summed E-state index contributed by atoms with van der Waals surface area (Å²) in [6.45, 7) is 1.10. The van der Waals surface area contributed by atoms with Gasteiger partial charge in [-0.3, -0.25) is 0 Å². The van der Waals surface area contributed by atoms with Crippen LogP contribution >= 0.6 is 11.6 Å². The number of rotatable bonds is 6. The molecule has 0 heterocycles. The van der Waals surface area contributed by atoms with Gasteiger partial charge in [0, 0.05) is 5.02 Å². The fraction of sp³-hybridized carbons (Fsp3) is 0.133. The second-order valence-electron chi connectivity index (χ2n) is 5.09. The standard InChI is InChI=1S/C15H14ClNO6S2/c1-10(15(18)19)17-25(22,23)14-4-2-3-13(9-14)24(20,21)12-7-5-11(16)6-8-12/h2-10,17H,1H3,(H,18,19)/p-1/t10-/m0/s1. The quantitative estimate of drug-likeness (QED) is 0.754. The van der Waals surface area contributed by atoms with Gasteiger partial charge in [-0.25, -0.2) is 21.6 Å². The summed E-state index contributed by atoms with van der Waals surface area (Å²) in [7, 11) is -8.20. The summed E-state index contributed by atoms with van der Waals surface area (Å²) < 4.78 is 51.5. The summed E-state index contributed by atoms with van der Waals surface area (Å²) in [6.07, 6.45) is 0. The first-order valence-electron chi connectivity index (χ1n) is 6.88. The number of halogens is 1. The number of nitrogens with one attached hydrogen (secondary N) is 1. The van der Waals surface area contributed by atoms with Crippen LogP contribution in [0, 0.1) is 0 Å². The predicted octanol–water partition coefficient (Wildman–Crippen LogP) is 0.590. The van der Waals surface area contributed by atoms with Gasteiger partial charge in [-0.05, 0) is 49.4 Å². The molecule has 0 aliphatic rings. The number of aliphatic carboxylic acids is 1. The zero-order valence-electron chi connectivity index (χ0n) is 12.8. The molecule has 0 spiro atoms. The van der Waals surface area contributed by atoms with Crippen LogP contribution in [0.15, 0.2) is 63.2 Å². The topological polar surface area (TPSA) is 120 Å². The van der Waals surface area contributed by atoms with Crippen LogP contribution in [0.4, 0.5) is 0 Å². The van der Waals surface area contributed by atoms with E-state index in [0.717, 1.165) is 19.1 Å². The van der Waals surface area contributed by atoms with Gasteiger partial charge in [0.1, 0.15) is 0 Å². The molecule has 2 aromatic carbocycles. The largest absolute Gasteiger partial charge is 0.548 e. The minimum atomic E-state index is -4.23. The molecule has 2 aromatic rings. The number of hydrogen-bond acceptors (Lipinski definition) is 6. The van der Waals surface area contributed by atoms with Crippen LogP contribution in [-0.2, 0) is 24.7 Å². The molecular formula is C15H13ClNO6S2-. The Bertz CT molecular complexity index is 1000. The summed E-state index contributed by atoms with van der Waals surface area (Å²) in [4.78, 5) is 10.0. The Hall–Kier alpha value is -1.94. The smallest absolute Gasteiger partial charge is 0.241 e. The number of carboxylic acid groups (broad SMARTS) is 1. The molecular weight excluding hydrogens is 390 g/mol. The Morgan fingerprint density at radius 2 is 1.56 bits per heavy atom. The lowest BCUT2D eigenvalue weighted by Gasteiger charge is -2.15. The maximum Gasteiger partial charge on any atom is 0.241 e. The van der Waals surface area contributed by atoms with Crippen molar-refractivity contribution in [2.24, 2.45) is 0 Å². The van der Waals surface area contributed by atoms with Crippen molar-refractivity contribution in [3.63, 3.8) is 0 Å². The Labute approximate surface area is 150 Å². The number of sulfone groups is 1. The molecule has 0 bridgehead atoms. The van der Waals surface area contributed by atoms with Gasteiger partial charge in [-0.1, -0.05) is 17.7 Å². The molecule has 0 aliphatic heterocycles. The van der Waals surface area contributed by atoms with Gasteiger partial charge in [0.05, 0.1) is 26.7 Å². The van der Waals surface area contributed by atoms with Crippen LogP contribution in [0.2, 0.25) is 5.02 Å². The fourth-order valence-electron chi connectivity index (χ4n) is 1.91. The van der Waals surface area contributed by atoms with Crippen molar-refractivity contribution in [1.29, 1.82) is 0 Å². The van der Waals surface area contributed by atoms with Gasteiger partial charge in [-0.2, -0.15) is 0 Å². The van der Waals surface area contributed by atoms with Gasteiger partial charge >= 0.3 is 0 Å². The average Bonchev–Trinajstić information content (AvgIpc) is 2.55. The molecule has 1 N–H and O–H groups in total. The van der Waals surface area contributed by atoms with E-state index in [9.17, 15) is 26.7 Å². The summed E-state index contributed by atoms with van der Waals surface area (Å²) in [5.74, 6) is -1.60. The van der Waals surface area contributed by atoms with E-state index in [4.69, 9.17) is 11.6 Å². The van der Waals surface area contributed by atoms with Crippen LogP contribution in [0.1, 0.15) is 6.92 Å². The Morgan fingerprint density at radius 3 is 2.12 bits per heavy atom. The molecule has 0 saturated heterocycles. The number of sulfonamides is 1.